The summed E-state index contributed by atoms with van der Waals surface area (Å²) in [6, 6.07) is 6.76. The summed E-state index contributed by atoms with van der Waals surface area (Å²) in [7, 11) is 0. The Labute approximate surface area is 128 Å². The number of carbonyl (C=O) groups excluding carboxylic acids is 1. The van der Waals surface area contributed by atoms with Gasteiger partial charge in [-0.15, -0.1) is 0 Å². The molecule has 0 heterocycles. The fourth-order valence-corrected chi connectivity index (χ4v) is 1.85. The summed E-state index contributed by atoms with van der Waals surface area (Å²) in [5.41, 5.74) is 0.778. The van der Waals surface area contributed by atoms with Crippen LogP contribution in [0.4, 0.5) is 5.69 Å². The number of benzene rings is 1. The number of hydrogen-bond acceptors (Lipinski definition) is 5. The Morgan fingerprint density at radius 3 is 2.67 bits per heavy atom. The minimum atomic E-state index is -0.788. The molecule has 0 aliphatic heterocycles. The Morgan fingerprint density at radius 2 is 2.19 bits per heavy atom. The molecule has 21 heavy (non-hydrogen) atoms. The second-order valence-corrected chi connectivity index (χ2v) is 4.62. The van der Waals surface area contributed by atoms with Gasteiger partial charge in [-0.3, -0.25) is 0 Å². The molecule has 0 atom stereocenters. The number of nitrogens with zero attached hydrogens (tertiary/aromatic N) is 2. The van der Waals surface area contributed by atoms with Crippen molar-refractivity contribution in [2.24, 2.45) is 4.99 Å². The zero-order chi connectivity index (χ0) is 16.0. The van der Waals surface area contributed by atoms with Gasteiger partial charge < -0.3 is 9.84 Å². The Bertz CT molecular complexity index is 653. The highest BCUT2D eigenvalue weighted by Crippen LogP contribution is 2.23. The average Bonchev–Trinajstić information content (AvgIpc) is 2.40. The van der Waals surface area contributed by atoms with Crippen molar-refractivity contribution in [2.45, 2.75) is 20.8 Å². The average molecular weight is 307 g/mol. The molecule has 110 valence electrons. The van der Waals surface area contributed by atoms with Crippen molar-refractivity contribution in [1.29, 1.82) is 5.26 Å². The monoisotopic (exact) mass is 306 g/mol. The predicted octanol–water partition coefficient (Wildman–Crippen LogP) is 3.64. The third-order valence-corrected chi connectivity index (χ3v) is 2.81. The number of esters is 1. The molecular formula is C15H15ClN2O3. The maximum absolute atomic E-state index is 11.8. The summed E-state index contributed by atoms with van der Waals surface area (Å²) < 4.78 is 4.83. The lowest BCUT2D eigenvalue weighted by Gasteiger charge is -2.07. The third-order valence-electron chi connectivity index (χ3n) is 2.58. The number of aliphatic hydroxyl groups excluding tert-OH is 1. The standard InChI is InChI=1S/C15H15ClN2O3/c1-4-21-15(20)14(10(3)19)13(8-17)18-12-6-5-11(16)7-9(12)2/h5-7,19H,4H2,1-3H3/b14-10-,18-13?. The van der Waals surface area contributed by atoms with Crippen LogP contribution in [0.1, 0.15) is 19.4 Å². The number of halogens is 1. The Kier molecular flexibility index (Phi) is 5.94. The molecule has 1 aromatic carbocycles. The van der Waals surface area contributed by atoms with E-state index in [1.165, 1.54) is 6.92 Å². The van der Waals surface area contributed by atoms with Gasteiger partial charge in [-0.25, -0.2) is 9.79 Å². The first-order chi connectivity index (χ1) is 9.90. The van der Waals surface area contributed by atoms with E-state index in [4.69, 9.17) is 16.3 Å². The first kappa shape index (κ1) is 16.7. The molecule has 0 aliphatic carbocycles. The van der Waals surface area contributed by atoms with Crippen LogP contribution in [-0.2, 0) is 9.53 Å². The van der Waals surface area contributed by atoms with E-state index in [0.29, 0.717) is 10.7 Å². The van der Waals surface area contributed by atoms with Crippen LogP contribution in [0.5, 0.6) is 0 Å². The minimum Gasteiger partial charge on any atom is -0.512 e. The van der Waals surface area contributed by atoms with Crippen molar-refractivity contribution in [3.63, 3.8) is 0 Å². The molecule has 0 aliphatic rings. The SMILES string of the molecule is CCOC(=O)/C(C(C#N)=Nc1ccc(Cl)cc1C)=C(/C)O. The Hall–Kier alpha value is -2.32. The molecule has 1 rings (SSSR count). The van der Waals surface area contributed by atoms with E-state index >= 15 is 0 Å². The highest BCUT2D eigenvalue weighted by atomic mass is 35.5. The Morgan fingerprint density at radius 1 is 1.52 bits per heavy atom. The third kappa shape index (κ3) is 4.33. The van der Waals surface area contributed by atoms with E-state index in [9.17, 15) is 15.2 Å². The summed E-state index contributed by atoms with van der Waals surface area (Å²) in [5.74, 6) is -1.11. The highest BCUT2D eigenvalue weighted by molar-refractivity contribution is 6.30. The topological polar surface area (TPSA) is 82.7 Å². The van der Waals surface area contributed by atoms with Gasteiger partial charge in [-0.2, -0.15) is 5.26 Å². The highest BCUT2D eigenvalue weighted by Gasteiger charge is 2.21. The van der Waals surface area contributed by atoms with Crippen molar-refractivity contribution < 1.29 is 14.6 Å². The number of hydrogen-bond donors (Lipinski definition) is 1. The van der Waals surface area contributed by atoms with Crippen molar-refractivity contribution >= 4 is 29.0 Å². The van der Waals surface area contributed by atoms with Crippen LogP contribution < -0.4 is 0 Å². The summed E-state index contributed by atoms with van der Waals surface area (Å²) >= 11 is 5.86. The molecule has 0 radical (unpaired) electrons. The molecule has 0 saturated carbocycles. The van der Waals surface area contributed by atoms with Crippen LogP contribution in [0, 0.1) is 18.3 Å². The van der Waals surface area contributed by atoms with E-state index in [0.717, 1.165) is 5.56 Å². The molecule has 6 heteroatoms. The molecular weight excluding hydrogens is 292 g/mol. The number of aliphatic hydroxyl groups is 1. The number of aliphatic imine (C=N–C) groups is 1. The van der Waals surface area contributed by atoms with Gasteiger partial charge in [0.1, 0.15) is 17.4 Å². The van der Waals surface area contributed by atoms with Gasteiger partial charge in [0, 0.05) is 5.02 Å². The molecule has 0 unspecified atom stereocenters. The first-order valence-corrected chi connectivity index (χ1v) is 6.60. The molecule has 1 aromatic rings. The number of carbonyl (C=O) groups is 1. The van der Waals surface area contributed by atoms with E-state index in [1.807, 2.05) is 6.07 Å². The number of nitriles is 1. The molecule has 0 spiro atoms. The van der Waals surface area contributed by atoms with Crippen LogP contribution in [-0.4, -0.2) is 23.4 Å². The van der Waals surface area contributed by atoms with Crippen LogP contribution in [0.25, 0.3) is 0 Å². The molecule has 5 nitrogen and oxygen atoms in total. The lowest BCUT2D eigenvalue weighted by Crippen LogP contribution is -2.17. The fourth-order valence-electron chi connectivity index (χ4n) is 1.62. The van der Waals surface area contributed by atoms with E-state index in [1.54, 1.807) is 32.0 Å². The minimum absolute atomic E-state index is 0.133. The maximum Gasteiger partial charge on any atom is 0.344 e. The molecule has 0 aromatic heterocycles. The number of allylic oxidation sites excluding steroid dienone is 1. The van der Waals surface area contributed by atoms with Crippen LogP contribution >= 0.6 is 11.6 Å². The van der Waals surface area contributed by atoms with Crippen molar-refractivity contribution in [2.75, 3.05) is 6.61 Å². The zero-order valence-electron chi connectivity index (χ0n) is 12.0. The number of aryl methyl sites for hydroxylation is 1. The normalized spacial score (nSPS) is 12.4. The molecule has 0 amide bonds. The van der Waals surface area contributed by atoms with Gasteiger partial charge in [0.15, 0.2) is 5.71 Å². The van der Waals surface area contributed by atoms with Gasteiger partial charge in [0.25, 0.3) is 0 Å². The van der Waals surface area contributed by atoms with Crippen LogP contribution in [0.2, 0.25) is 5.02 Å². The molecule has 0 bridgehead atoms. The summed E-state index contributed by atoms with van der Waals surface area (Å²) in [5, 5.41) is 19.4. The molecule has 1 N–H and O–H groups in total. The molecule has 0 fully saturated rings. The maximum atomic E-state index is 11.8. The van der Waals surface area contributed by atoms with E-state index in [-0.39, 0.29) is 23.7 Å². The smallest absolute Gasteiger partial charge is 0.344 e. The summed E-state index contributed by atoms with van der Waals surface area (Å²) in [6.45, 7) is 4.84. The second kappa shape index (κ2) is 7.46. The van der Waals surface area contributed by atoms with Gasteiger partial charge in [-0.1, -0.05) is 11.6 Å². The predicted molar refractivity (Wildman–Crippen MR) is 80.9 cm³/mol. The van der Waals surface area contributed by atoms with Gasteiger partial charge in [0.2, 0.25) is 0 Å². The van der Waals surface area contributed by atoms with Crippen molar-refractivity contribution in [1.82, 2.24) is 0 Å². The van der Waals surface area contributed by atoms with Gasteiger partial charge >= 0.3 is 5.97 Å². The lowest BCUT2D eigenvalue weighted by atomic mass is 10.1. The largest absolute Gasteiger partial charge is 0.512 e. The fraction of sp³-hybridized carbons (Fsp3) is 0.267. The zero-order valence-corrected chi connectivity index (χ0v) is 12.7. The lowest BCUT2D eigenvalue weighted by molar-refractivity contribution is -0.138. The quantitative estimate of drug-likeness (QED) is 0.398. The van der Waals surface area contributed by atoms with Crippen molar-refractivity contribution in [3.05, 3.63) is 40.1 Å². The first-order valence-electron chi connectivity index (χ1n) is 6.23. The van der Waals surface area contributed by atoms with E-state index in [2.05, 4.69) is 4.99 Å². The number of rotatable bonds is 4. The summed E-state index contributed by atoms with van der Waals surface area (Å²) in [6.07, 6.45) is 0. The summed E-state index contributed by atoms with van der Waals surface area (Å²) in [4.78, 5) is 15.9. The Balaban J connectivity index is 3.34. The van der Waals surface area contributed by atoms with Gasteiger partial charge in [-0.05, 0) is 44.5 Å². The van der Waals surface area contributed by atoms with Crippen LogP contribution in [0.3, 0.4) is 0 Å². The van der Waals surface area contributed by atoms with E-state index < -0.39 is 5.97 Å². The number of ether oxygens (including phenoxy) is 1. The van der Waals surface area contributed by atoms with Crippen molar-refractivity contribution in [3.8, 4) is 6.07 Å². The van der Waals surface area contributed by atoms with Gasteiger partial charge in [0.05, 0.1) is 12.3 Å². The second-order valence-electron chi connectivity index (χ2n) is 4.18. The molecule has 0 saturated heterocycles. The van der Waals surface area contributed by atoms with Crippen LogP contribution in [0.15, 0.2) is 34.5 Å².